The van der Waals surface area contributed by atoms with Crippen LogP contribution in [0.5, 0.6) is 0 Å². The van der Waals surface area contributed by atoms with Gasteiger partial charge < -0.3 is 9.84 Å². The van der Waals surface area contributed by atoms with Crippen molar-refractivity contribution >= 4 is 5.97 Å². The minimum absolute atomic E-state index is 0.168. The summed E-state index contributed by atoms with van der Waals surface area (Å²) in [4.78, 5) is 11.3. The number of nitrogens with one attached hydrogen (secondary N) is 1. The fourth-order valence-corrected chi connectivity index (χ4v) is 2.23. The molecule has 19 heavy (non-hydrogen) atoms. The molecule has 0 aliphatic heterocycles. The highest BCUT2D eigenvalue weighted by atomic mass is 16.5. The van der Waals surface area contributed by atoms with Gasteiger partial charge in [-0.3, -0.25) is 10.1 Å². The van der Waals surface area contributed by atoms with Gasteiger partial charge in [0.2, 0.25) is 0 Å². The summed E-state index contributed by atoms with van der Waals surface area (Å²) in [6.45, 7) is 10.7. The fraction of sp³-hybridized carbons (Fsp3) is 0.933. The van der Waals surface area contributed by atoms with Crippen LogP contribution >= 0.6 is 0 Å². The minimum atomic E-state index is -0.830. The Morgan fingerprint density at radius 3 is 2.42 bits per heavy atom. The predicted octanol–water partition coefficient (Wildman–Crippen LogP) is 3.20. The van der Waals surface area contributed by atoms with Crippen molar-refractivity contribution in [3.8, 4) is 0 Å². The molecule has 0 spiro atoms. The lowest BCUT2D eigenvalue weighted by molar-refractivity contribution is -0.144. The summed E-state index contributed by atoms with van der Waals surface area (Å²) in [5, 5.41) is 12.4. The van der Waals surface area contributed by atoms with E-state index in [2.05, 4.69) is 19.2 Å². The van der Waals surface area contributed by atoms with E-state index in [-0.39, 0.29) is 6.04 Å². The van der Waals surface area contributed by atoms with E-state index in [1.54, 1.807) is 6.92 Å². The molecular weight excluding hydrogens is 242 g/mol. The van der Waals surface area contributed by atoms with Gasteiger partial charge in [0.1, 0.15) is 5.54 Å². The zero-order valence-corrected chi connectivity index (χ0v) is 13.2. The molecule has 0 aromatic rings. The maximum Gasteiger partial charge on any atom is 0.323 e. The van der Waals surface area contributed by atoms with Gasteiger partial charge in [-0.2, -0.15) is 0 Å². The molecule has 4 heteroatoms. The highest BCUT2D eigenvalue weighted by Crippen LogP contribution is 2.16. The van der Waals surface area contributed by atoms with Gasteiger partial charge in [-0.05, 0) is 53.4 Å². The van der Waals surface area contributed by atoms with Gasteiger partial charge in [-0.1, -0.05) is 13.3 Å². The molecule has 0 fully saturated rings. The number of unbranched alkanes of at least 4 members (excludes halogenated alkanes) is 1. The van der Waals surface area contributed by atoms with E-state index in [4.69, 9.17) is 4.74 Å². The van der Waals surface area contributed by atoms with Gasteiger partial charge in [0.25, 0.3) is 0 Å². The lowest BCUT2D eigenvalue weighted by Crippen LogP contribution is -2.52. The largest absolute Gasteiger partial charge is 0.480 e. The summed E-state index contributed by atoms with van der Waals surface area (Å²) in [5.74, 6) is -0.776. The fourth-order valence-electron chi connectivity index (χ4n) is 2.23. The lowest BCUT2D eigenvalue weighted by atomic mass is 9.94. The van der Waals surface area contributed by atoms with Crippen molar-refractivity contribution in [2.45, 2.75) is 84.4 Å². The molecule has 4 nitrogen and oxygen atoms in total. The molecule has 0 aromatic heterocycles. The molecule has 0 amide bonds. The average molecular weight is 273 g/mol. The third kappa shape index (κ3) is 8.22. The maximum atomic E-state index is 11.3. The second kappa shape index (κ2) is 9.32. The molecule has 2 unspecified atom stereocenters. The topological polar surface area (TPSA) is 58.6 Å². The minimum Gasteiger partial charge on any atom is -0.480 e. The van der Waals surface area contributed by atoms with Gasteiger partial charge in [0.15, 0.2) is 0 Å². The first-order chi connectivity index (χ1) is 8.81. The number of aliphatic carboxylic acids is 1. The number of hydrogen-bond acceptors (Lipinski definition) is 3. The Balaban J connectivity index is 3.91. The van der Waals surface area contributed by atoms with E-state index in [9.17, 15) is 9.90 Å². The highest BCUT2D eigenvalue weighted by molar-refractivity contribution is 5.78. The molecule has 2 N–H and O–H groups in total. The van der Waals surface area contributed by atoms with E-state index in [1.807, 2.05) is 13.8 Å². The number of hydrogen-bond donors (Lipinski definition) is 2. The molecule has 114 valence electrons. The Labute approximate surface area is 117 Å². The molecule has 0 saturated heterocycles. The van der Waals surface area contributed by atoms with Crippen LogP contribution in [0.1, 0.15) is 66.7 Å². The molecule has 0 radical (unpaired) electrons. The Morgan fingerprint density at radius 2 is 1.95 bits per heavy atom. The van der Waals surface area contributed by atoms with Crippen LogP contribution in [0, 0.1) is 0 Å². The molecule has 0 saturated carbocycles. The molecule has 0 aliphatic carbocycles. The first-order valence-corrected chi connectivity index (χ1v) is 7.44. The molecule has 0 rings (SSSR count). The molecule has 0 heterocycles. The van der Waals surface area contributed by atoms with E-state index in [0.717, 1.165) is 32.3 Å². The third-order valence-electron chi connectivity index (χ3n) is 3.25. The van der Waals surface area contributed by atoms with Crippen molar-refractivity contribution in [2.75, 3.05) is 6.61 Å². The number of rotatable bonds is 11. The number of carboxylic acid groups (broad SMARTS) is 1. The van der Waals surface area contributed by atoms with Crippen molar-refractivity contribution in [3.05, 3.63) is 0 Å². The SMILES string of the molecule is CCCC(C)OCCCCC(C)(NC(C)C)C(=O)O. The van der Waals surface area contributed by atoms with Crippen LogP contribution in [0.15, 0.2) is 0 Å². The molecule has 0 aromatic carbocycles. The van der Waals surface area contributed by atoms with Crippen molar-refractivity contribution in [2.24, 2.45) is 0 Å². The van der Waals surface area contributed by atoms with Crippen molar-refractivity contribution in [3.63, 3.8) is 0 Å². The summed E-state index contributed by atoms with van der Waals surface area (Å²) in [6.07, 6.45) is 4.94. The third-order valence-corrected chi connectivity index (χ3v) is 3.25. The van der Waals surface area contributed by atoms with Crippen LogP contribution in [-0.2, 0) is 9.53 Å². The average Bonchev–Trinajstić information content (AvgIpc) is 2.27. The summed E-state index contributed by atoms with van der Waals surface area (Å²) in [6, 6.07) is 0.168. The first-order valence-electron chi connectivity index (χ1n) is 7.44. The molecular formula is C15H31NO3. The zero-order valence-electron chi connectivity index (χ0n) is 13.2. The summed E-state index contributed by atoms with van der Waals surface area (Å²) < 4.78 is 5.67. The Kier molecular flexibility index (Phi) is 9.02. The van der Waals surface area contributed by atoms with Gasteiger partial charge in [-0.15, -0.1) is 0 Å². The van der Waals surface area contributed by atoms with E-state index >= 15 is 0 Å². The monoisotopic (exact) mass is 273 g/mol. The Bertz CT molecular complexity index is 256. The second-order valence-corrected chi connectivity index (χ2v) is 5.86. The van der Waals surface area contributed by atoms with E-state index < -0.39 is 11.5 Å². The van der Waals surface area contributed by atoms with Gasteiger partial charge >= 0.3 is 5.97 Å². The molecule has 0 aliphatic rings. The highest BCUT2D eigenvalue weighted by Gasteiger charge is 2.32. The van der Waals surface area contributed by atoms with Crippen LogP contribution in [0.3, 0.4) is 0 Å². The van der Waals surface area contributed by atoms with Crippen LogP contribution in [-0.4, -0.2) is 35.4 Å². The number of ether oxygens (including phenoxy) is 1. The Morgan fingerprint density at radius 1 is 1.32 bits per heavy atom. The van der Waals surface area contributed by atoms with Crippen LogP contribution in [0.25, 0.3) is 0 Å². The van der Waals surface area contributed by atoms with Gasteiger partial charge in [0.05, 0.1) is 6.10 Å². The van der Waals surface area contributed by atoms with Crippen LogP contribution in [0.2, 0.25) is 0 Å². The molecule has 0 bridgehead atoms. The van der Waals surface area contributed by atoms with Gasteiger partial charge in [0, 0.05) is 12.6 Å². The summed E-state index contributed by atoms with van der Waals surface area (Å²) >= 11 is 0. The van der Waals surface area contributed by atoms with Crippen molar-refractivity contribution in [1.82, 2.24) is 5.32 Å². The van der Waals surface area contributed by atoms with Crippen LogP contribution in [0.4, 0.5) is 0 Å². The second-order valence-electron chi connectivity index (χ2n) is 5.86. The van der Waals surface area contributed by atoms with E-state index in [0.29, 0.717) is 12.5 Å². The van der Waals surface area contributed by atoms with Crippen molar-refractivity contribution in [1.29, 1.82) is 0 Å². The van der Waals surface area contributed by atoms with E-state index in [1.165, 1.54) is 0 Å². The smallest absolute Gasteiger partial charge is 0.323 e. The Hall–Kier alpha value is -0.610. The van der Waals surface area contributed by atoms with Crippen LogP contribution < -0.4 is 5.32 Å². The first kappa shape index (κ1) is 18.4. The quantitative estimate of drug-likeness (QED) is 0.568. The van der Waals surface area contributed by atoms with Crippen molar-refractivity contribution < 1.29 is 14.6 Å². The summed E-state index contributed by atoms with van der Waals surface area (Å²) in [5.41, 5.74) is -0.830. The predicted molar refractivity (Wildman–Crippen MR) is 78.5 cm³/mol. The lowest BCUT2D eigenvalue weighted by Gasteiger charge is -2.28. The zero-order chi connectivity index (χ0) is 14.9. The summed E-state index contributed by atoms with van der Waals surface area (Å²) in [7, 11) is 0. The molecule has 2 atom stereocenters. The number of carboxylic acids is 1. The van der Waals surface area contributed by atoms with Gasteiger partial charge in [-0.25, -0.2) is 0 Å². The number of carbonyl (C=O) groups is 1. The maximum absolute atomic E-state index is 11.3. The normalized spacial score (nSPS) is 16.3. The standard InChI is InChI=1S/C15H31NO3/c1-6-9-13(4)19-11-8-7-10-15(5,14(17)18)16-12(2)3/h12-13,16H,6-11H2,1-5H3,(H,17,18).